The molecule has 0 amide bonds. The maximum Gasteiger partial charge on any atom is 0.314 e. The molecule has 0 saturated carbocycles. The number of hydrogen-bond acceptors (Lipinski definition) is 8. The van der Waals surface area contributed by atoms with Crippen LogP contribution in [0.2, 0.25) is 0 Å². The first-order chi connectivity index (χ1) is 13.6. The Morgan fingerprint density at radius 1 is 1.07 bits per heavy atom. The summed E-state index contributed by atoms with van der Waals surface area (Å²) in [5.41, 5.74) is 0. The van der Waals surface area contributed by atoms with Gasteiger partial charge in [0.2, 0.25) is 0 Å². The zero-order valence-corrected chi connectivity index (χ0v) is 16.4. The molecule has 0 aliphatic rings. The van der Waals surface area contributed by atoms with Gasteiger partial charge in [-0.1, -0.05) is 19.8 Å². The number of aromatic nitrogens is 1. The van der Waals surface area contributed by atoms with Gasteiger partial charge in [-0.05, 0) is 11.1 Å². The third kappa shape index (κ3) is 10.3. The first kappa shape index (κ1) is 23.9. The number of aliphatic carboxylic acids is 1. The van der Waals surface area contributed by atoms with Gasteiger partial charge in [-0.25, -0.2) is 0 Å². The second kappa shape index (κ2) is 14.9. The van der Waals surface area contributed by atoms with Gasteiger partial charge in [0.05, 0.1) is 46.2 Å². The van der Waals surface area contributed by atoms with Crippen molar-refractivity contribution >= 4 is 5.97 Å². The first-order valence-electron chi connectivity index (χ1n) is 9.13. The van der Waals surface area contributed by atoms with Gasteiger partial charge in [0.1, 0.15) is 19.1 Å². The van der Waals surface area contributed by atoms with Gasteiger partial charge in [0, 0.05) is 6.07 Å². The Balaban J connectivity index is 1.99. The highest BCUT2D eigenvalue weighted by Crippen LogP contribution is 2.27. The van der Waals surface area contributed by atoms with Crippen LogP contribution in [0.5, 0.6) is 5.88 Å². The normalized spacial score (nSPS) is 12.1. The summed E-state index contributed by atoms with van der Waals surface area (Å²) in [6.45, 7) is 7.28. The van der Waals surface area contributed by atoms with Crippen LogP contribution >= 0.6 is 0 Å². The molecule has 0 aliphatic carbocycles. The minimum Gasteiger partial charge on any atom is -0.481 e. The van der Waals surface area contributed by atoms with Gasteiger partial charge < -0.3 is 33.3 Å². The van der Waals surface area contributed by atoms with E-state index >= 15 is 0 Å². The first-order valence-corrected chi connectivity index (χ1v) is 9.13. The van der Waals surface area contributed by atoms with Crippen molar-refractivity contribution in [3.63, 3.8) is 0 Å². The van der Waals surface area contributed by atoms with E-state index in [0.29, 0.717) is 52.9 Å². The highest BCUT2D eigenvalue weighted by molar-refractivity contribution is 5.75. The number of ether oxygens (including phenoxy) is 5. The molecule has 0 bridgehead atoms. The fourth-order valence-corrected chi connectivity index (χ4v) is 2.22. The molecule has 9 heteroatoms. The highest BCUT2D eigenvalue weighted by Gasteiger charge is 2.28. The number of carbonyl (C=O) groups is 1. The third-order valence-corrected chi connectivity index (χ3v) is 3.53. The van der Waals surface area contributed by atoms with Crippen LogP contribution in [-0.2, 0) is 23.7 Å². The van der Waals surface area contributed by atoms with Crippen LogP contribution in [0.4, 0.5) is 0 Å². The largest absolute Gasteiger partial charge is 0.481 e. The molecule has 1 unspecified atom stereocenters. The van der Waals surface area contributed by atoms with Gasteiger partial charge >= 0.3 is 5.97 Å². The molecule has 0 spiro atoms. The zero-order valence-electron chi connectivity index (χ0n) is 16.4. The molecule has 0 fully saturated rings. The summed E-state index contributed by atoms with van der Waals surface area (Å²) in [7, 11) is 0. The van der Waals surface area contributed by atoms with Crippen LogP contribution in [0.1, 0.15) is 25.5 Å². The highest BCUT2D eigenvalue weighted by atomic mass is 16.6. The Kier molecular flexibility index (Phi) is 12.7. The number of carboxylic acid groups (broad SMARTS) is 1. The van der Waals surface area contributed by atoms with Crippen molar-refractivity contribution in [3.05, 3.63) is 11.8 Å². The molecule has 28 heavy (non-hydrogen) atoms. The van der Waals surface area contributed by atoms with Gasteiger partial charge in [-0.3, -0.25) is 4.79 Å². The van der Waals surface area contributed by atoms with Crippen molar-refractivity contribution in [2.45, 2.75) is 19.8 Å². The molecule has 9 nitrogen and oxygen atoms in total. The second-order valence-corrected chi connectivity index (χ2v) is 6.07. The summed E-state index contributed by atoms with van der Waals surface area (Å²) in [5.74, 6) is 1.07. The molecule has 158 valence electrons. The summed E-state index contributed by atoms with van der Waals surface area (Å²) in [4.78, 5) is 11.3. The predicted octanol–water partition coefficient (Wildman–Crippen LogP) is 1.58. The molecule has 1 atom stereocenters. The molecule has 0 radical (unpaired) electrons. The quantitative estimate of drug-likeness (QED) is 0.308. The molecule has 1 aromatic rings. The van der Waals surface area contributed by atoms with E-state index in [4.69, 9.17) is 34.6 Å². The molecule has 0 aromatic carbocycles. The van der Waals surface area contributed by atoms with Crippen molar-refractivity contribution in [2.24, 2.45) is 5.92 Å². The van der Waals surface area contributed by atoms with Crippen LogP contribution in [0.25, 0.3) is 0 Å². The maximum absolute atomic E-state index is 11.3. The Morgan fingerprint density at radius 2 is 1.61 bits per heavy atom. The predicted molar refractivity (Wildman–Crippen MR) is 99.3 cm³/mol. The lowest BCUT2D eigenvalue weighted by Gasteiger charge is -2.11. The van der Waals surface area contributed by atoms with E-state index in [1.165, 1.54) is 6.07 Å². The fraction of sp³-hybridized carbons (Fsp3) is 0.684. The number of nitrogens with zero attached hydrogens (tertiary/aromatic N) is 1. The molecular weight excluding hydrogens is 370 g/mol. The lowest BCUT2D eigenvalue weighted by Crippen LogP contribution is -2.16. The van der Waals surface area contributed by atoms with Crippen molar-refractivity contribution in [2.75, 3.05) is 59.5 Å². The standard InChI is InChI=1S/C19H29NO8/c1-4-5-23-6-7-24-8-9-25-10-11-26-12-13-27-17-14-16(28-20-17)18(15(2)3)19(21)22/h1,14-15,18H,5-13H2,2-3H3,(H,21,22). The van der Waals surface area contributed by atoms with Gasteiger partial charge in [0.15, 0.2) is 5.76 Å². The minimum absolute atomic E-state index is 0.117. The van der Waals surface area contributed by atoms with E-state index in [9.17, 15) is 9.90 Å². The summed E-state index contributed by atoms with van der Waals surface area (Å²) >= 11 is 0. The van der Waals surface area contributed by atoms with E-state index < -0.39 is 11.9 Å². The van der Waals surface area contributed by atoms with Crippen LogP contribution < -0.4 is 4.74 Å². The molecule has 0 aliphatic heterocycles. The SMILES string of the molecule is C#CCOCCOCCOCCOCCOc1cc(C(C(=O)O)C(C)C)on1. The minimum atomic E-state index is -0.955. The average Bonchev–Trinajstić information content (AvgIpc) is 3.09. The van der Waals surface area contributed by atoms with Gasteiger partial charge in [-0.2, -0.15) is 0 Å². The fourth-order valence-electron chi connectivity index (χ4n) is 2.22. The van der Waals surface area contributed by atoms with E-state index in [1.807, 2.05) is 0 Å². The maximum atomic E-state index is 11.3. The van der Waals surface area contributed by atoms with E-state index in [2.05, 4.69) is 11.1 Å². The third-order valence-electron chi connectivity index (χ3n) is 3.53. The Morgan fingerprint density at radius 3 is 2.11 bits per heavy atom. The van der Waals surface area contributed by atoms with E-state index in [0.717, 1.165) is 0 Å². The van der Waals surface area contributed by atoms with Crippen LogP contribution in [0.3, 0.4) is 0 Å². The van der Waals surface area contributed by atoms with Crippen molar-refractivity contribution in [1.29, 1.82) is 0 Å². The van der Waals surface area contributed by atoms with Crippen molar-refractivity contribution < 1.29 is 38.1 Å². The Labute approximate surface area is 165 Å². The van der Waals surface area contributed by atoms with Crippen LogP contribution in [0.15, 0.2) is 10.6 Å². The smallest absolute Gasteiger partial charge is 0.314 e. The number of hydrogen-bond donors (Lipinski definition) is 1. The average molecular weight is 399 g/mol. The topological polar surface area (TPSA) is 109 Å². The monoisotopic (exact) mass is 399 g/mol. The number of carboxylic acids is 1. The molecule has 1 N–H and O–H groups in total. The van der Waals surface area contributed by atoms with Gasteiger partial charge in [-0.15, -0.1) is 6.42 Å². The number of terminal acetylenes is 1. The van der Waals surface area contributed by atoms with E-state index in [1.54, 1.807) is 13.8 Å². The lowest BCUT2D eigenvalue weighted by atomic mass is 9.94. The number of rotatable bonds is 17. The second-order valence-electron chi connectivity index (χ2n) is 6.07. The molecule has 1 heterocycles. The lowest BCUT2D eigenvalue weighted by molar-refractivity contribution is -0.140. The zero-order chi connectivity index (χ0) is 20.6. The van der Waals surface area contributed by atoms with Gasteiger partial charge in [0.25, 0.3) is 5.88 Å². The summed E-state index contributed by atoms with van der Waals surface area (Å²) in [6.07, 6.45) is 5.05. The molecule has 1 rings (SSSR count). The summed E-state index contributed by atoms with van der Waals surface area (Å²) < 4.78 is 31.5. The Bertz CT molecular complexity index is 581. The summed E-state index contributed by atoms with van der Waals surface area (Å²) in [6, 6.07) is 1.50. The van der Waals surface area contributed by atoms with Crippen molar-refractivity contribution in [1.82, 2.24) is 5.16 Å². The van der Waals surface area contributed by atoms with E-state index in [-0.39, 0.29) is 24.2 Å². The van der Waals surface area contributed by atoms with Crippen molar-refractivity contribution in [3.8, 4) is 18.2 Å². The molecular formula is C19H29NO8. The van der Waals surface area contributed by atoms with Crippen LogP contribution in [0, 0.1) is 18.3 Å². The summed E-state index contributed by atoms with van der Waals surface area (Å²) in [5, 5.41) is 13.0. The van der Waals surface area contributed by atoms with Crippen LogP contribution in [-0.4, -0.2) is 75.7 Å². The molecule has 0 saturated heterocycles. The Hall–Kier alpha value is -2.12. The molecule has 1 aromatic heterocycles.